The third-order valence-corrected chi connectivity index (χ3v) is 4.33. The highest BCUT2D eigenvalue weighted by Crippen LogP contribution is 2.33. The van der Waals surface area contributed by atoms with E-state index in [-0.39, 0.29) is 0 Å². The van der Waals surface area contributed by atoms with Crippen LogP contribution in [0.25, 0.3) is 11.1 Å². The maximum Gasteiger partial charge on any atom is 0.210 e. The molecule has 0 bridgehead atoms. The summed E-state index contributed by atoms with van der Waals surface area (Å²) in [6, 6.07) is 13.7. The summed E-state index contributed by atoms with van der Waals surface area (Å²) in [6.45, 7) is 2.96. The van der Waals surface area contributed by atoms with Gasteiger partial charge in [-0.05, 0) is 47.9 Å². The highest BCUT2D eigenvalue weighted by molar-refractivity contribution is 6.35. The fraction of sp³-hybridized carbons (Fsp3) is 0.278. The number of halogens is 2. The lowest BCUT2D eigenvalue weighted by Crippen LogP contribution is -2.34. The molecule has 0 amide bonds. The minimum Gasteiger partial charge on any atom is -0.483 e. The molecule has 1 heterocycles. The van der Waals surface area contributed by atoms with Gasteiger partial charge in [-0.3, -0.25) is 0 Å². The molecule has 0 radical (unpaired) electrons. The predicted molar refractivity (Wildman–Crippen MR) is 94.5 cm³/mol. The lowest BCUT2D eigenvalue weighted by atomic mass is 9.90. The lowest BCUT2D eigenvalue weighted by Gasteiger charge is -2.30. The van der Waals surface area contributed by atoms with Gasteiger partial charge in [0, 0.05) is 10.0 Å². The van der Waals surface area contributed by atoms with Crippen LogP contribution in [0.2, 0.25) is 10.0 Å². The van der Waals surface area contributed by atoms with Crippen LogP contribution in [-0.4, -0.2) is 26.2 Å². The first kappa shape index (κ1) is 16.3. The Morgan fingerprint density at radius 2 is 1.83 bits per heavy atom. The minimum atomic E-state index is -0.470. The van der Waals surface area contributed by atoms with Crippen LogP contribution in [-0.2, 0) is 15.0 Å². The summed E-state index contributed by atoms with van der Waals surface area (Å²) in [4.78, 5) is 4.69. The van der Waals surface area contributed by atoms with Crippen molar-refractivity contribution < 1.29 is 9.47 Å². The number of ether oxygens (including phenoxy) is 2. The van der Waals surface area contributed by atoms with Crippen LogP contribution in [0.4, 0.5) is 0 Å². The van der Waals surface area contributed by atoms with Crippen molar-refractivity contribution in [3.05, 3.63) is 58.1 Å². The number of hydrogen-bond acceptors (Lipinski definition) is 3. The zero-order valence-electron chi connectivity index (χ0n) is 13.0. The van der Waals surface area contributed by atoms with Gasteiger partial charge in [-0.15, -0.1) is 0 Å². The Kier molecular flexibility index (Phi) is 4.62. The molecule has 2 aromatic carbocycles. The second kappa shape index (κ2) is 6.52. The number of rotatable bonds is 2. The van der Waals surface area contributed by atoms with Crippen molar-refractivity contribution in [2.45, 2.75) is 12.5 Å². The topological polar surface area (TPSA) is 30.8 Å². The fourth-order valence-electron chi connectivity index (χ4n) is 2.68. The number of aliphatic imine (C=N–C) groups is 1. The van der Waals surface area contributed by atoms with E-state index in [9.17, 15) is 0 Å². The molecule has 0 aliphatic carbocycles. The van der Waals surface area contributed by atoms with Crippen molar-refractivity contribution in [2.75, 3.05) is 20.3 Å². The van der Waals surface area contributed by atoms with Crippen LogP contribution < -0.4 is 0 Å². The Morgan fingerprint density at radius 1 is 1.09 bits per heavy atom. The molecular formula is C18H17Cl2NO2. The highest BCUT2D eigenvalue weighted by atomic mass is 35.5. The SMILES string of the molecule is COC1=N[C@@](C)(c2cccc(-c3cc(Cl)cc(Cl)c3)c2)COC1. The van der Waals surface area contributed by atoms with Gasteiger partial charge in [0.25, 0.3) is 0 Å². The summed E-state index contributed by atoms with van der Waals surface area (Å²) in [7, 11) is 1.61. The van der Waals surface area contributed by atoms with Gasteiger partial charge in [0.05, 0.1) is 13.7 Å². The molecule has 0 unspecified atom stereocenters. The molecule has 1 atom stereocenters. The quantitative estimate of drug-likeness (QED) is 0.767. The molecule has 23 heavy (non-hydrogen) atoms. The molecule has 0 spiro atoms. The lowest BCUT2D eigenvalue weighted by molar-refractivity contribution is 0.0899. The average molecular weight is 350 g/mol. The van der Waals surface area contributed by atoms with Crippen molar-refractivity contribution in [1.82, 2.24) is 0 Å². The number of nitrogens with zero attached hydrogens (tertiary/aromatic N) is 1. The van der Waals surface area contributed by atoms with Gasteiger partial charge in [-0.2, -0.15) is 0 Å². The zero-order chi connectivity index (χ0) is 16.4. The molecule has 0 saturated heterocycles. The summed E-state index contributed by atoms with van der Waals surface area (Å²) < 4.78 is 10.9. The third kappa shape index (κ3) is 3.52. The van der Waals surface area contributed by atoms with E-state index in [1.54, 1.807) is 13.2 Å². The maximum atomic E-state index is 6.11. The standard InChI is InChI=1S/C18H17Cl2NO2/c1-18(11-23-10-17(21-18)22-2)14-5-3-4-12(6-14)13-7-15(19)9-16(20)8-13/h3-9H,10-11H2,1-2H3/t18-/m1/s1. The Hall–Kier alpha value is -1.55. The van der Waals surface area contributed by atoms with Gasteiger partial charge in [-0.1, -0.05) is 41.4 Å². The van der Waals surface area contributed by atoms with E-state index in [1.807, 2.05) is 37.3 Å². The van der Waals surface area contributed by atoms with E-state index >= 15 is 0 Å². The van der Waals surface area contributed by atoms with Crippen molar-refractivity contribution >= 4 is 29.1 Å². The van der Waals surface area contributed by atoms with Gasteiger partial charge < -0.3 is 9.47 Å². The predicted octanol–water partition coefficient (Wildman–Crippen LogP) is 4.95. The van der Waals surface area contributed by atoms with Crippen molar-refractivity contribution in [2.24, 2.45) is 4.99 Å². The molecule has 0 fully saturated rings. The normalized spacial score (nSPS) is 21.0. The van der Waals surface area contributed by atoms with Crippen LogP contribution in [0.15, 0.2) is 47.5 Å². The van der Waals surface area contributed by atoms with Crippen molar-refractivity contribution in [1.29, 1.82) is 0 Å². The fourth-order valence-corrected chi connectivity index (χ4v) is 3.21. The summed E-state index contributed by atoms with van der Waals surface area (Å²) in [5.74, 6) is 0.606. The van der Waals surface area contributed by atoms with E-state index in [0.29, 0.717) is 29.2 Å². The number of benzene rings is 2. The molecule has 2 aromatic rings. The molecule has 1 aliphatic heterocycles. The molecule has 0 aromatic heterocycles. The van der Waals surface area contributed by atoms with Crippen LogP contribution >= 0.6 is 23.2 Å². The second-order valence-corrected chi connectivity index (χ2v) is 6.59. The van der Waals surface area contributed by atoms with Crippen LogP contribution in [0.1, 0.15) is 12.5 Å². The molecular weight excluding hydrogens is 333 g/mol. The van der Waals surface area contributed by atoms with Crippen molar-refractivity contribution in [3.8, 4) is 11.1 Å². The molecule has 5 heteroatoms. The maximum absolute atomic E-state index is 6.11. The highest BCUT2D eigenvalue weighted by Gasteiger charge is 2.31. The molecule has 0 N–H and O–H groups in total. The van der Waals surface area contributed by atoms with Gasteiger partial charge >= 0.3 is 0 Å². The molecule has 1 aliphatic rings. The summed E-state index contributed by atoms with van der Waals surface area (Å²) in [5, 5.41) is 1.23. The smallest absolute Gasteiger partial charge is 0.210 e. The van der Waals surface area contributed by atoms with Crippen molar-refractivity contribution in [3.63, 3.8) is 0 Å². The summed E-state index contributed by atoms with van der Waals surface area (Å²) >= 11 is 12.2. The molecule has 0 saturated carbocycles. The van der Waals surface area contributed by atoms with Gasteiger partial charge in [-0.25, -0.2) is 4.99 Å². The Morgan fingerprint density at radius 3 is 2.52 bits per heavy atom. The van der Waals surface area contributed by atoms with Gasteiger partial charge in [0.15, 0.2) is 0 Å². The first-order valence-electron chi connectivity index (χ1n) is 7.28. The van der Waals surface area contributed by atoms with E-state index in [2.05, 4.69) is 11.1 Å². The molecule has 3 rings (SSSR count). The largest absolute Gasteiger partial charge is 0.483 e. The first-order valence-corrected chi connectivity index (χ1v) is 8.03. The van der Waals surface area contributed by atoms with Crippen LogP contribution in [0.3, 0.4) is 0 Å². The second-order valence-electron chi connectivity index (χ2n) is 5.72. The Bertz CT molecular complexity index is 740. The molecule has 120 valence electrons. The monoisotopic (exact) mass is 349 g/mol. The average Bonchev–Trinajstić information content (AvgIpc) is 2.54. The summed E-state index contributed by atoms with van der Waals surface area (Å²) in [6.07, 6.45) is 0. The van der Waals surface area contributed by atoms with E-state index in [4.69, 9.17) is 32.7 Å². The van der Waals surface area contributed by atoms with E-state index in [1.165, 1.54) is 0 Å². The van der Waals surface area contributed by atoms with E-state index in [0.717, 1.165) is 16.7 Å². The zero-order valence-corrected chi connectivity index (χ0v) is 14.5. The Labute approximate surface area is 145 Å². The Balaban J connectivity index is 2.03. The number of hydrogen-bond donors (Lipinski definition) is 0. The van der Waals surface area contributed by atoms with Crippen LogP contribution in [0.5, 0.6) is 0 Å². The summed E-state index contributed by atoms with van der Waals surface area (Å²) in [5.41, 5.74) is 2.59. The van der Waals surface area contributed by atoms with Gasteiger partial charge in [0.1, 0.15) is 12.1 Å². The third-order valence-electron chi connectivity index (χ3n) is 3.90. The first-order chi connectivity index (χ1) is 11.0. The van der Waals surface area contributed by atoms with Crippen LogP contribution in [0, 0.1) is 0 Å². The van der Waals surface area contributed by atoms with Gasteiger partial charge in [0.2, 0.25) is 5.90 Å². The molecule has 3 nitrogen and oxygen atoms in total. The number of methoxy groups -OCH3 is 1. The van der Waals surface area contributed by atoms with E-state index < -0.39 is 5.54 Å². The minimum absolute atomic E-state index is 0.412.